The molecule has 0 fully saturated rings. The van der Waals surface area contributed by atoms with Gasteiger partial charge >= 0.3 is 0 Å². The van der Waals surface area contributed by atoms with E-state index in [0.29, 0.717) is 12.4 Å². The van der Waals surface area contributed by atoms with E-state index in [1.807, 2.05) is 13.8 Å². The Hall–Kier alpha value is -1.81. The molecule has 0 spiro atoms. The van der Waals surface area contributed by atoms with Crippen molar-refractivity contribution in [2.75, 3.05) is 5.88 Å². The summed E-state index contributed by atoms with van der Waals surface area (Å²) < 4.78 is 7.49. The van der Waals surface area contributed by atoms with Crippen molar-refractivity contribution in [1.29, 1.82) is 0 Å². The average molecular weight is 304 g/mol. The summed E-state index contributed by atoms with van der Waals surface area (Å²) in [5, 5.41) is 4.04. The smallest absolute Gasteiger partial charge is 0.138 e. The zero-order valence-corrected chi connectivity index (χ0v) is 13.2. The van der Waals surface area contributed by atoms with E-state index in [4.69, 9.17) is 21.1 Å². The summed E-state index contributed by atoms with van der Waals surface area (Å²) in [5.41, 5.74) is 5.41. The number of nitrogens with zero attached hydrogens (tertiary/aromatic N) is 3. The molecule has 2 heterocycles. The van der Waals surface area contributed by atoms with Crippen molar-refractivity contribution in [2.45, 2.75) is 33.7 Å². The summed E-state index contributed by atoms with van der Waals surface area (Å²) in [5.74, 6) is 2.43. The zero-order valence-electron chi connectivity index (χ0n) is 12.5. The highest BCUT2D eigenvalue weighted by Crippen LogP contribution is 2.23. The molecule has 4 nitrogen and oxygen atoms in total. The monoisotopic (exact) mass is 303 g/mol. The fraction of sp³-hybridized carbons (Fsp3) is 0.375. The minimum Gasteiger partial charge on any atom is -0.361 e. The highest BCUT2D eigenvalue weighted by atomic mass is 35.5. The van der Waals surface area contributed by atoms with E-state index >= 15 is 0 Å². The van der Waals surface area contributed by atoms with Gasteiger partial charge in [0.15, 0.2) is 0 Å². The molecule has 0 saturated carbocycles. The van der Waals surface area contributed by atoms with E-state index in [1.54, 1.807) is 0 Å². The number of fused-ring (bicyclic) bond motifs is 1. The Labute approximate surface area is 128 Å². The highest BCUT2D eigenvalue weighted by molar-refractivity contribution is 6.17. The standard InChI is InChI=1S/C16H18ClN3O/c1-10-5-4-6-14-16(10)18-15(7-8-17)20(14)9-13-11(2)19-21-12(13)3/h4-6H,7-9H2,1-3H3. The van der Waals surface area contributed by atoms with Crippen LogP contribution in [0.5, 0.6) is 0 Å². The molecule has 3 rings (SSSR count). The van der Waals surface area contributed by atoms with Gasteiger partial charge in [-0.2, -0.15) is 0 Å². The number of rotatable bonds is 4. The number of para-hydroxylation sites is 1. The van der Waals surface area contributed by atoms with Gasteiger partial charge in [0.2, 0.25) is 0 Å². The van der Waals surface area contributed by atoms with Crippen molar-refractivity contribution in [3.8, 4) is 0 Å². The minimum absolute atomic E-state index is 0.559. The first-order valence-corrected chi connectivity index (χ1v) is 7.57. The fourth-order valence-electron chi connectivity index (χ4n) is 2.67. The molecule has 0 atom stereocenters. The molecule has 0 aliphatic carbocycles. The largest absolute Gasteiger partial charge is 0.361 e. The van der Waals surface area contributed by atoms with Gasteiger partial charge in [0.05, 0.1) is 23.3 Å². The van der Waals surface area contributed by atoms with Crippen molar-refractivity contribution in [1.82, 2.24) is 14.7 Å². The summed E-state index contributed by atoms with van der Waals surface area (Å²) in [6, 6.07) is 6.25. The third-order valence-electron chi connectivity index (χ3n) is 3.88. The first-order chi connectivity index (χ1) is 10.1. The van der Waals surface area contributed by atoms with Crippen LogP contribution in [0.1, 0.15) is 28.4 Å². The van der Waals surface area contributed by atoms with Gasteiger partial charge in [-0.1, -0.05) is 17.3 Å². The Balaban J connectivity index is 2.16. The second-order valence-electron chi connectivity index (χ2n) is 5.30. The van der Waals surface area contributed by atoms with E-state index in [1.165, 1.54) is 5.56 Å². The Morgan fingerprint density at radius 1 is 1.24 bits per heavy atom. The number of hydrogen-bond donors (Lipinski definition) is 0. The van der Waals surface area contributed by atoms with Crippen LogP contribution in [0.3, 0.4) is 0 Å². The SMILES string of the molecule is Cc1noc(C)c1Cn1c(CCCl)nc2c(C)cccc21. The van der Waals surface area contributed by atoms with Crippen LogP contribution in [-0.2, 0) is 13.0 Å². The lowest BCUT2D eigenvalue weighted by atomic mass is 10.2. The van der Waals surface area contributed by atoms with E-state index in [-0.39, 0.29) is 0 Å². The molecule has 0 aliphatic rings. The van der Waals surface area contributed by atoms with Gasteiger partial charge in [0.1, 0.15) is 11.6 Å². The minimum atomic E-state index is 0.559. The van der Waals surface area contributed by atoms with Crippen LogP contribution in [0.2, 0.25) is 0 Å². The lowest BCUT2D eigenvalue weighted by Crippen LogP contribution is -2.07. The molecule has 110 valence electrons. The molecule has 0 saturated heterocycles. The Morgan fingerprint density at radius 3 is 2.71 bits per heavy atom. The topological polar surface area (TPSA) is 43.9 Å². The lowest BCUT2D eigenvalue weighted by molar-refractivity contribution is 0.392. The third kappa shape index (κ3) is 2.44. The molecule has 21 heavy (non-hydrogen) atoms. The average Bonchev–Trinajstić information content (AvgIpc) is 2.96. The maximum absolute atomic E-state index is 5.94. The van der Waals surface area contributed by atoms with Crippen LogP contribution in [-0.4, -0.2) is 20.6 Å². The van der Waals surface area contributed by atoms with Gasteiger partial charge < -0.3 is 9.09 Å². The van der Waals surface area contributed by atoms with Crippen LogP contribution >= 0.6 is 11.6 Å². The van der Waals surface area contributed by atoms with Crippen molar-refractivity contribution in [3.05, 3.63) is 46.6 Å². The number of aromatic nitrogens is 3. The first kappa shape index (κ1) is 14.1. The molecule has 2 aromatic heterocycles. The summed E-state index contributed by atoms with van der Waals surface area (Å²) in [4.78, 5) is 4.77. The summed E-state index contributed by atoms with van der Waals surface area (Å²) >= 11 is 5.94. The van der Waals surface area contributed by atoms with Crippen LogP contribution in [0.4, 0.5) is 0 Å². The molecule has 0 aliphatic heterocycles. The summed E-state index contributed by atoms with van der Waals surface area (Å²) in [6.07, 6.45) is 0.749. The van der Waals surface area contributed by atoms with E-state index in [2.05, 4.69) is 34.8 Å². The molecule has 0 unspecified atom stereocenters. The predicted molar refractivity (Wildman–Crippen MR) is 84.0 cm³/mol. The molecule has 0 amide bonds. The van der Waals surface area contributed by atoms with Crippen molar-refractivity contribution in [3.63, 3.8) is 0 Å². The van der Waals surface area contributed by atoms with Crippen molar-refractivity contribution >= 4 is 22.6 Å². The number of alkyl halides is 1. The van der Waals surface area contributed by atoms with E-state index in [9.17, 15) is 0 Å². The van der Waals surface area contributed by atoms with Gasteiger partial charge in [0, 0.05) is 17.9 Å². The molecule has 0 N–H and O–H groups in total. The van der Waals surface area contributed by atoms with Crippen LogP contribution in [0, 0.1) is 20.8 Å². The first-order valence-electron chi connectivity index (χ1n) is 7.04. The van der Waals surface area contributed by atoms with E-state index < -0.39 is 0 Å². The molecule has 1 aromatic carbocycles. The maximum Gasteiger partial charge on any atom is 0.138 e. The molecular formula is C16H18ClN3O. The second kappa shape index (κ2) is 5.53. The molecule has 0 bridgehead atoms. The van der Waals surface area contributed by atoms with E-state index in [0.717, 1.165) is 40.3 Å². The van der Waals surface area contributed by atoms with Gasteiger partial charge in [-0.15, -0.1) is 11.6 Å². The fourth-order valence-corrected chi connectivity index (χ4v) is 2.84. The van der Waals surface area contributed by atoms with Crippen LogP contribution in [0.15, 0.2) is 22.7 Å². The lowest BCUT2D eigenvalue weighted by Gasteiger charge is -2.08. The number of aryl methyl sites for hydroxylation is 4. The van der Waals surface area contributed by atoms with Gasteiger partial charge in [0.25, 0.3) is 0 Å². The van der Waals surface area contributed by atoms with Gasteiger partial charge in [-0.25, -0.2) is 4.98 Å². The molecular weight excluding hydrogens is 286 g/mol. The molecule has 3 aromatic rings. The Kier molecular flexibility index (Phi) is 3.72. The third-order valence-corrected chi connectivity index (χ3v) is 4.06. The Bertz CT molecular complexity index is 769. The second-order valence-corrected chi connectivity index (χ2v) is 5.68. The van der Waals surface area contributed by atoms with Crippen molar-refractivity contribution in [2.24, 2.45) is 0 Å². The van der Waals surface area contributed by atoms with Gasteiger partial charge in [-0.3, -0.25) is 0 Å². The number of halogens is 1. The summed E-state index contributed by atoms with van der Waals surface area (Å²) in [6.45, 7) is 6.71. The van der Waals surface area contributed by atoms with Gasteiger partial charge in [-0.05, 0) is 32.4 Å². The van der Waals surface area contributed by atoms with Crippen LogP contribution < -0.4 is 0 Å². The molecule has 5 heteroatoms. The highest BCUT2D eigenvalue weighted by Gasteiger charge is 2.16. The predicted octanol–water partition coefficient (Wildman–Crippen LogP) is 3.78. The Morgan fingerprint density at radius 2 is 2.05 bits per heavy atom. The number of hydrogen-bond acceptors (Lipinski definition) is 3. The molecule has 0 radical (unpaired) electrons. The van der Waals surface area contributed by atoms with Crippen LogP contribution in [0.25, 0.3) is 11.0 Å². The maximum atomic E-state index is 5.94. The summed E-state index contributed by atoms with van der Waals surface area (Å²) in [7, 11) is 0. The number of imidazole rings is 1. The van der Waals surface area contributed by atoms with Crippen molar-refractivity contribution < 1.29 is 4.52 Å². The normalized spacial score (nSPS) is 11.4. The quantitative estimate of drug-likeness (QED) is 0.689. The zero-order chi connectivity index (χ0) is 15.0. The number of benzene rings is 1.